The van der Waals surface area contributed by atoms with Crippen molar-refractivity contribution in [3.8, 4) is 0 Å². The van der Waals surface area contributed by atoms with Gasteiger partial charge in [-0.05, 0) is 55.5 Å². The van der Waals surface area contributed by atoms with Gasteiger partial charge in [-0.1, -0.05) is 17.7 Å². The molecule has 0 atom stereocenters. The van der Waals surface area contributed by atoms with Crippen molar-refractivity contribution in [2.24, 2.45) is 0 Å². The molecular weight excluding hydrogens is 380 g/mol. The van der Waals surface area contributed by atoms with Crippen LogP contribution >= 0.6 is 11.6 Å². The van der Waals surface area contributed by atoms with Gasteiger partial charge in [-0.3, -0.25) is 4.79 Å². The molecule has 0 aliphatic heterocycles. The first-order chi connectivity index (χ1) is 13.4. The molecule has 0 bridgehead atoms. The molecule has 0 aliphatic carbocycles. The summed E-state index contributed by atoms with van der Waals surface area (Å²) in [5.41, 5.74) is 2.50. The third kappa shape index (κ3) is 4.83. The highest BCUT2D eigenvalue weighted by Crippen LogP contribution is 2.18. The average molecular weight is 397 g/mol. The Bertz CT molecular complexity index is 1020. The van der Waals surface area contributed by atoms with E-state index in [1.807, 2.05) is 0 Å². The number of benzene rings is 2. The largest absolute Gasteiger partial charge is 0.465 e. The zero-order valence-electron chi connectivity index (χ0n) is 15.2. The fraction of sp³-hybridized carbons (Fsp3) is 0.100. The van der Waals surface area contributed by atoms with Crippen LogP contribution in [0.5, 0.6) is 0 Å². The fourth-order valence-corrected chi connectivity index (χ4v) is 2.63. The maximum absolute atomic E-state index is 12.5. The zero-order chi connectivity index (χ0) is 20.1. The molecule has 1 aromatic heterocycles. The van der Waals surface area contributed by atoms with Crippen LogP contribution in [0.3, 0.4) is 0 Å². The summed E-state index contributed by atoms with van der Waals surface area (Å²) in [5.74, 6) is -0.530. The van der Waals surface area contributed by atoms with Crippen molar-refractivity contribution in [2.75, 3.05) is 17.7 Å². The highest BCUT2D eigenvalue weighted by atomic mass is 35.5. The van der Waals surface area contributed by atoms with E-state index in [9.17, 15) is 9.59 Å². The standard InChI is InChI=1S/C20H17ClN4O3/c1-12-10-17(18(26)23-16-5-3-4-14(21)11-16)25-20(22-12)24-15-8-6-13(7-9-15)19(27)28-2/h3-11H,1-2H3,(H,23,26)(H,22,24,25). The molecule has 2 aromatic carbocycles. The Kier molecular flexibility index (Phi) is 5.86. The second-order valence-corrected chi connectivity index (χ2v) is 6.31. The predicted octanol–water partition coefficient (Wildman–Crippen LogP) is 4.22. The van der Waals surface area contributed by atoms with Gasteiger partial charge in [0.2, 0.25) is 5.95 Å². The Morgan fingerprint density at radius 3 is 2.43 bits per heavy atom. The average Bonchev–Trinajstić information content (AvgIpc) is 2.67. The number of amides is 1. The quantitative estimate of drug-likeness (QED) is 0.627. The summed E-state index contributed by atoms with van der Waals surface area (Å²) in [6.45, 7) is 1.77. The summed E-state index contributed by atoms with van der Waals surface area (Å²) >= 11 is 5.94. The van der Waals surface area contributed by atoms with Gasteiger partial charge in [0.25, 0.3) is 5.91 Å². The Morgan fingerprint density at radius 2 is 1.75 bits per heavy atom. The number of hydrogen-bond acceptors (Lipinski definition) is 6. The van der Waals surface area contributed by atoms with Crippen LogP contribution in [0, 0.1) is 6.92 Å². The Hall–Kier alpha value is -3.45. The fourth-order valence-electron chi connectivity index (χ4n) is 2.44. The third-order valence-corrected chi connectivity index (χ3v) is 3.97. The lowest BCUT2D eigenvalue weighted by molar-refractivity contribution is 0.0600. The molecule has 0 saturated carbocycles. The molecule has 3 rings (SSSR count). The molecule has 0 unspecified atom stereocenters. The molecule has 0 radical (unpaired) electrons. The highest BCUT2D eigenvalue weighted by Gasteiger charge is 2.12. The van der Waals surface area contributed by atoms with Crippen LogP contribution in [0.2, 0.25) is 5.02 Å². The smallest absolute Gasteiger partial charge is 0.337 e. The number of carbonyl (C=O) groups excluding carboxylic acids is 2. The van der Waals surface area contributed by atoms with Gasteiger partial charge < -0.3 is 15.4 Å². The van der Waals surface area contributed by atoms with Gasteiger partial charge >= 0.3 is 5.97 Å². The van der Waals surface area contributed by atoms with Crippen LogP contribution in [0.25, 0.3) is 0 Å². The van der Waals surface area contributed by atoms with Crippen LogP contribution in [-0.4, -0.2) is 29.0 Å². The molecular formula is C20H17ClN4O3. The molecule has 0 spiro atoms. The third-order valence-electron chi connectivity index (χ3n) is 3.73. The predicted molar refractivity (Wildman–Crippen MR) is 107 cm³/mol. The number of carbonyl (C=O) groups is 2. The van der Waals surface area contributed by atoms with Gasteiger partial charge in [-0.15, -0.1) is 0 Å². The van der Waals surface area contributed by atoms with Crippen molar-refractivity contribution in [3.63, 3.8) is 0 Å². The first-order valence-corrected chi connectivity index (χ1v) is 8.70. The number of esters is 1. The molecule has 0 aliphatic rings. The Labute approximate surface area is 166 Å². The molecule has 28 heavy (non-hydrogen) atoms. The van der Waals surface area contributed by atoms with E-state index in [-0.39, 0.29) is 17.5 Å². The lowest BCUT2D eigenvalue weighted by Gasteiger charge is -2.09. The number of halogens is 1. The SMILES string of the molecule is COC(=O)c1ccc(Nc2nc(C)cc(C(=O)Nc3cccc(Cl)c3)n2)cc1. The van der Waals surface area contributed by atoms with E-state index in [2.05, 4.69) is 25.3 Å². The molecule has 142 valence electrons. The highest BCUT2D eigenvalue weighted by molar-refractivity contribution is 6.30. The molecule has 0 saturated heterocycles. The van der Waals surface area contributed by atoms with Crippen molar-refractivity contribution in [2.45, 2.75) is 6.92 Å². The second-order valence-electron chi connectivity index (χ2n) is 5.88. The number of methoxy groups -OCH3 is 1. The van der Waals surface area contributed by atoms with E-state index in [0.717, 1.165) is 0 Å². The summed E-state index contributed by atoms with van der Waals surface area (Å²) in [6, 6.07) is 15.1. The van der Waals surface area contributed by atoms with Crippen molar-refractivity contribution in [3.05, 3.63) is 76.6 Å². The number of hydrogen-bond donors (Lipinski definition) is 2. The maximum Gasteiger partial charge on any atom is 0.337 e. The molecule has 7 nitrogen and oxygen atoms in total. The minimum Gasteiger partial charge on any atom is -0.465 e. The van der Waals surface area contributed by atoms with Gasteiger partial charge in [-0.2, -0.15) is 0 Å². The molecule has 0 fully saturated rings. The molecule has 2 N–H and O–H groups in total. The van der Waals surface area contributed by atoms with Gasteiger partial charge in [0.15, 0.2) is 0 Å². The van der Waals surface area contributed by atoms with E-state index in [4.69, 9.17) is 11.6 Å². The van der Waals surface area contributed by atoms with E-state index in [1.165, 1.54) is 7.11 Å². The summed E-state index contributed by atoms with van der Waals surface area (Å²) in [7, 11) is 1.32. The second kappa shape index (κ2) is 8.49. The molecule has 1 heterocycles. The van der Waals surface area contributed by atoms with Crippen molar-refractivity contribution in [1.82, 2.24) is 9.97 Å². The van der Waals surface area contributed by atoms with E-state index < -0.39 is 5.97 Å². The van der Waals surface area contributed by atoms with E-state index in [0.29, 0.717) is 27.7 Å². The normalized spacial score (nSPS) is 10.2. The minimum atomic E-state index is -0.418. The monoisotopic (exact) mass is 396 g/mol. The lowest BCUT2D eigenvalue weighted by Crippen LogP contribution is -2.15. The summed E-state index contributed by atoms with van der Waals surface area (Å²) in [5, 5.41) is 6.30. The first kappa shape index (κ1) is 19.3. The summed E-state index contributed by atoms with van der Waals surface area (Å²) in [4.78, 5) is 32.6. The Morgan fingerprint density at radius 1 is 1.00 bits per heavy atom. The maximum atomic E-state index is 12.5. The van der Waals surface area contributed by atoms with E-state index >= 15 is 0 Å². The Balaban J connectivity index is 1.77. The number of nitrogens with zero attached hydrogens (tertiary/aromatic N) is 2. The van der Waals surface area contributed by atoms with Crippen LogP contribution < -0.4 is 10.6 Å². The first-order valence-electron chi connectivity index (χ1n) is 8.32. The minimum absolute atomic E-state index is 0.209. The summed E-state index contributed by atoms with van der Waals surface area (Å²) < 4.78 is 4.67. The number of rotatable bonds is 5. The van der Waals surface area contributed by atoms with Crippen LogP contribution in [0.15, 0.2) is 54.6 Å². The zero-order valence-corrected chi connectivity index (χ0v) is 15.9. The van der Waals surface area contributed by atoms with Gasteiger partial charge in [-0.25, -0.2) is 14.8 Å². The molecule has 8 heteroatoms. The van der Waals surface area contributed by atoms with Crippen molar-refractivity contribution < 1.29 is 14.3 Å². The van der Waals surface area contributed by atoms with Crippen molar-refractivity contribution >= 4 is 40.8 Å². The van der Waals surface area contributed by atoms with E-state index in [1.54, 1.807) is 61.5 Å². The van der Waals surface area contributed by atoms with Crippen LogP contribution in [0.1, 0.15) is 26.5 Å². The number of nitrogens with one attached hydrogen (secondary N) is 2. The molecule has 1 amide bonds. The summed E-state index contributed by atoms with van der Waals surface area (Å²) in [6.07, 6.45) is 0. The number of aryl methyl sites for hydroxylation is 1. The number of anilines is 3. The van der Waals surface area contributed by atoms with Gasteiger partial charge in [0.05, 0.1) is 12.7 Å². The molecule has 3 aromatic rings. The number of ether oxygens (including phenoxy) is 1. The van der Waals surface area contributed by atoms with Crippen LogP contribution in [0.4, 0.5) is 17.3 Å². The topological polar surface area (TPSA) is 93.2 Å². The number of aromatic nitrogens is 2. The van der Waals surface area contributed by atoms with Gasteiger partial charge in [0, 0.05) is 22.1 Å². The van der Waals surface area contributed by atoms with Gasteiger partial charge in [0.1, 0.15) is 5.69 Å². The van der Waals surface area contributed by atoms with Crippen molar-refractivity contribution in [1.29, 1.82) is 0 Å². The van der Waals surface area contributed by atoms with Crippen LogP contribution in [-0.2, 0) is 4.74 Å². The lowest BCUT2D eigenvalue weighted by atomic mass is 10.2.